The molecule has 0 atom stereocenters. The van der Waals surface area contributed by atoms with E-state index in [9.17, 15) is 0 Å². The summed E-state index contributed by atoms with van der Waals surface area (Å²) < 4.78 is 6.07. The Morgan fingerprint density at radius 1 is 1.40 bits per heavy atom. The highest BCUT2D eigenvalue weighted by atomic mass is 79.9. The van der Waals surface area contributed by atoms with Crippen LogP contribution in [-0.4, -0.2) is 12.1 Å². The number of hydrogen-bond donors (Lipinski definition) is 0. The third-order valence-corrected chi connectivity index (χ3v) is 3.35. The number of pyridine rings is 1. The third-order valence-electron chi connectivity index (χ3n) is 2.24. The van der Waals surface area contributed by atoms with Crippen molar-refractivity contribution in [3.8, 4) is 5.75 Å². The first-order valence-electron chi connectivity index (χ1n) is 4.42. The van der Waals surface area contributed by atoms with Gasteiger partial charge in [-0.3, -0.25) is 4.98 Å². The molecule has 0 fully saturated rings. The number of halogens is 2. The molecular weight excluding hydrogens is 277 g/mol. The minimum Gasteiger partial charge on any atom is -0.497 e. The van der Waals surface area contributed by atoms with Crippen molar-refractivity contribution in [3.05, 3.63) is 33.4 Å². The maximum Gasteiger partial charge on any atom is 0.120 e. The molecule has 0 aliphatic heterocycles. The maximum atomic E-state index is 6.21. The molecule has 0 aliphatic carbocycles. The van der Waals surface area contributed by atoms with Crippen LogP contribution in [-0.2, 0) is 0 Å². The van der Waals surface area contributed by atoms with Crippen molar-refractivity contribution in [2.24, 2.45) is 0 Å². The molecule has 0 saturated carbocycles. The topological polar surface area (TPSA) is 22.1 Å². The Kier molecular flexibility index (Phi) is 2.85. The zero-order valence-corrected chi connectivity index (χ0v) is 10.7. The van der Waals surface area contributed by atoms with Gasteiger partial charge in [0, 0.05) is 16.1 Å². The molecule has 0 bridgehead atoms. The van der Waals surface area contributed by atoms with E-state index in [-0.39, 0.29) is 0 Å². The highest BCUT2D eigenvalue weighted by Gasteiger charge is 2.08. The molecule has 0 unspecified atom stereocenters. The van der Waals surface area contributed by atoms with Crippen LogP contribution in [0.15, 0.2) is 22.8 Å². The highest BCUT2D eigenvalue weighted by Crippen LogP contribution is 2.33. The third kappa shape index (κ3) is 1.82. The van der Waals surface area contributed by atoms with E-state index in [1.165, 1.54) is 0 Å². The number of aromatic nitrogens is 1. The van der Waals surface area contributed by atoms with Gasteiger partial charge >= 0.3 is 0 Å². The Morgan fingerprint density at radius 2 is 2.13 bits per heavy atom. The summed E-state index contributed by atoms with van der Waals surface area (Å²) in [7, 11) is 1.63. The van der Waals surface area contributed by atoms with Gasteiger partial charge in [-0.2, -0.15) is 0 Å². The Morgan fingerprint density at radius 3 is 2.80 bits per heavy atom. The summed E-state index contributed by atoms with van der Waals surface area (Å²) in [5, 5.41) is 1.63. The first-order chi connectivity index (χ1) is 7.13. The predicted molar refractivity (Wildman–Crippen MR) is 65.7 cm³/mol. The molecule has 1 aromatic carbocycles. The van der Waals surface area contributed by atoms with Crippen LogP contribution in [0.2, 0.25) is 5.02 Å². The number of fused-ring (bicyclic) bond motifs is 1. The fraction of sp³-hybridized carbons (Fsp3) is 0.182. The van der Waals surface area contributed by atoms with Crippen molar-refractivity contribution in [3.63, 3.8) is 0 Å². The van der Waals surface area contributed by atoms with Gasteiger partial charge in [-0.1, -0.05) is 11.6 Å². The summed E-state index contributed by atoms with van der Waals surface area (Å²) in [5.41, 5.74) is 1.82. The molecule has 2 nitrogen and oxygen atoms in total. The molecule has 4 heteroatoms. The summed E-state index contributed by atoms with van der Waals surface area (Å²) in [5.74, 6) is 0.767. The second-order valence-electron chi connectivity index (χ2n) is 3.26. The summed E-state index contributed by atoms with van der Waals surface area (Å²) in [4.78, 5) is 4.33. The van der Waals surface area contributed by atoms with Crippen molar-refractivity contribution >= 4 is 38.4 Å². The number of hydrogen-bond acceptors (Lipinski definition) is 2. The van der Waals surface area contributed by atoms with Crippen molar-refractivity contribution < 1.29 is 4.74 Å². The lowest BCUT2D eigenvalue weighted by Crippen LogP contribution is -1.88. The van der Waals surface area contributed by atoms with Crippen LogP contribution in [0.5, 0.6) is 5.75 Å². The van der Waals surface area contributed by atoms with Crippen molar-refractivity contribution in [2.45, 2.75) is 6.92 Å². The van der Waals surface area contributed by atoms with Crippen molar-refractivity contribution in [2.75, 3.05) is 7.11 Å². The van der Waals surface area contributed by atoms with Gasteiger partial charge in [0.1, 0.15) is 5.75 Å². The van der Waals surface area contributed by atoms with Gasteiger partial charge in [0.2, 0.25) is 0 Å². The van der Waals surface area contributed by atoms with Gasteiger partial charge in [0.25, 0.3) is 0 Å². The van der Waals surface area contributed by atoms with E-state index in [0.29, 0.717) is 0 Å². The van der Waals surface area contributed by atoms with E-state index in [0.717, 1.165) is 31.7 Å². The largest absolute Gasteiger partial charge is 0.497 e. The SMILES string of the molecule is COc1cc(Br)c2ncc(C)c(Cl)c2c1. The second-order valence-corrected chi connectivity index (χ2v) is 4.49. The van der Waals surface area contributed by atoms with Crippen LogP contribution in [0, 0.1) is 6.92 Å². The predicted octanol–water partition coefficient (Wildman–Crippen LogP) is 3.97. The molecule has 2 aromatic rings. The van der Waals surface area contributed by atoms with Crippen LogP contribution in [0.3, 0.4) is 0 Å². The number of rotatable bonds is 1. The Labute approximate surface area is 101 Å². The second kappa shape index (κ2) is 3.99. The zero-order chi connectivity index (χ0) is 11.0. The summed E-state index contributed by atoms with van der Waals surface area (Å²) in [6.45, 7) is 1.93. The molecule has 0 radical (unpaired) electrons. The van der Waals surface area contributed by atoms with E-state index in [1.807, 2.05) is 19.1 Å². The number of benzene rings is 1. The molecular formula is C11H9BrClNO. The lowest BCUT2D eigenvalue weighted by molar-refractivity contribution is 0.415. The summed E-state index contributed by atoms with van der Waals surface area (Å²) >= 11 is 9.66. The number of ether oxygens (including phenoxy) is 1. The van der Waals surface area contributed by atoms with Crippen LogP contribution in [0.1, 0.15) is 5.56 Å². The molecule has 15 heavy (non-hydrogen) atoms. The first kappa shape index (κ1) is 10.7. The molecule has 0 amide bonds. The molecule has 0 N–H and O–H groups in total. The van der Waals surface area contributed by atoms with Gasteiger partial charge in [-0.05, 0) is 40.5 Å². The molecule has 78 valence electrons. The standard InChI is InChI=1S/C11H9BrClNO/c1-6-5-14-11-8(10(6)13)3-7(15-2)4-9(11)12/h3-5H,1-2H3. The minimum atomic E-state index is 0.722. The van der Waals surface area contributed by atoms with Crippen LogP contribution in [0.4, 0.5) is 0 Å². The van der Waals surface area contributed by atoms with Gasteiger partial charge in [-0.15, -0.1) is 0 Å². The molecule has 1 heterocycles. The average molecular weight is 287 g/mol. The number of methoxy groups -OCH3 is 1. The Balaban J connectivity index is 2.86. The van der Waals surface area contributed by atoms with E-state index in [4.69, 9.17) is 16.3 Å². The summed E-state index contributed by atoms with van der Waals surface area (Å²) in [6.07, 6.45) is 1.77. The van der Waals surface area contributed by atoms with Crippen LogP contribution in [0.25, 0.3) is 10.9 Å². The Bertz CT molecular complexity index is 527. The lowest BCUT2D eigenvalue weighted by atomic mass is 10.1. The quantitative estimate of drug-likeness (QED) is 0.791. The molecule has 2 rings (SSSR count). The van der Waals surface area contributed by atoms with Crippen LogP contribution >= 0.6 is 27.5 Å². The number of aryl methyl sites for hydroxylation is 1. The smallest absolute Gasteiger partial charge is 0.120 e. The average Bonchev–Trinajstić information content (AvgIpc) is 2.23. The first-order valence-corrected chi connectivity index (χ1v) is 5.59. The van der Waals surface area contributed by atoms with E-state index in [2.05, 4.69) is 20.9 Å². The normalized spacial score (nSPS) is 10.7. The lowest BCUT2D eigenvalue weighted by Gasteiger charge is -2.07. The van der Waals surface area contributed by atoms with Crippen molar-refractivity contribution in [1.29, 1.82) is 0 Å². The Hall–Kier alpha value is -0.800. The van der Waals surface area contributed by atoms with Gasteiger partial charge in [-0.25, -0.2) is 0 Å². The van der Waals surface area contributed by atoms with Gasteiger partial charge in [0.15, 0.2) is 0 Å². The molecule has 1 aromatic heterocycles. The van der Waals surface area contributed by atoms with E-state index >= 15 is 0 Å². The van der Waals surface area contributed by atoms with Gasteiger partial charge < -0.3 is 4.74 Å². The molecule has 0 saturated heterocycles. The minimum absolute atomic E-state index is 0.722. The fourth-order valence-electron chi connectivity index (χ4n) is 1.42. The van der Waals surface area contributed by atoms with Gasteiger partial charge in [0.05, 0.1) is 17.6 Å². The highest BCUT2D eigenvalue weighted by molar-refractivity contribution is 9.10. The molecule has 0 aliphatic rings. The monoisotopic (exact) mass is 285 g/mol. The van der Waals surface area contributed by atoms with E-state index < -0.39 is 0 Å². The molecule has 0 spiro atoms. The summed E-state index contributed by atoms with van der Waals surface area (Å²) in [6, 6.07) is 3.77. The maximum absolute atomic E-state index is 6.21. The van der Waals surface area contributed by atoms with Crippen molar-refractivity contribution in [1.82, 2.24) is 4.98 Å². The zero-order valence-electron chi connectivity index (χ0n) is 8.34. The van der Waals surface area contributed by atoms with Crippen LogP contribution < -0.4 is 4.74 Å². The number of nitrogens with zero attached hydrogens (tertiary/aromatic N) is 1. The fourth-order valence-corrected chi connectivity index (χ4v) is 2.16. The van der Waals surface area contributed by atoms with E-state index in [1.54, 1.807) is 13.3 Å².